The fraction of sp³-hybridized carbons (Fsp3) is 0.235. The number of hydrogen-bond acceptors (Lipinski definition) is 2. The second kappa shape index (κ2) is 6.87. The highest BCUT2D eigenvalue weighted by molar-refractivity contribution is 9.10. The minimum atomic E-state index is -0.339. The Bertz CT molecular complexity index is 617. The molecule has 0 bridgehead atoms. The van der Waals surface area contributed by atoms with Crippen LogP contribution in [0.5, 0.6) is 0 Å². The fourth-order valence-corrected chi connectivity index (χ4v) is 3.08. The van der Waals surface area contributed by atoms with Crippen LogP contribution in [0.25, 0.3) is 0 Å². The van der Waals surface area contributed by atoms with Gasteiger partial charge in [0, 0.05) is 16.7 Å². The third-order valence-corrected chi connectivity index (χ3v) is 3.96. The first kappa shape index (κ1) is 15.7. The Hall–Kier alpha value is -1.65. The third kappa shape index (κ3) is 3.71. The van der Waals surface area contributed by atoms with Gasteiger partial charge in [-0.25, -0.2) is 0 Å². The van der Waals surface area contributed by atoms with Crippen LogP contribution in [0.2, 0.25) is 0 Å². The van der Waals surface area contributed by atoms with Gasteiger partial charge in [-0.2, -0.15) is 0 Å². The number of anilines is 1. The van der Waals surface area contributed by atoms with Crippen LogP contribution in [0.15, 0.2) is 46.9 Å². The van der Waals surface area contributed by atoms with Crippen molar-refractivity contribution in [1.82, 2.24) is 0 Å². The molecule has 1 atom stereocenters. The third-order valence-electron chi connectivity index (χ3n) is 3.50. The van der Waals surface area contributed by atoms with Gasteiger partial charge in [0.1, 0.15) is 0 Å². The molecular formula is C17H19BrN2O. The lowest BCUT2D eigenvalue weighted by Crippen LogP contribution is -2.28. The number of rotatable bonds is 4. The van der Waals surface area contributed by atoms with Gasteiger partial charge in [0.05, 0.1) is 5.92 Å². The molecule has 21 heavy (non-hydrogen) atoms. The molecule has 0 saturated heterocycles. The van der Waals surface area contributed by atoms with E-state index in [1.807, 2.05) is 56.3 Å². The second-order valence-electron chi connectivity index (χ2n) is 5.10. The lowest BCUT2D eigenvalue weighted by Gasteiger charge is -2.18. The van der Waals surface area contributed by atoms with Crippen molar-refractivity contribution in [3.05, 3.63) is 63.6 Å². The van der Waals surface area contributed by atoms with E-state index in [2.05, 4.69) is 21.2 Å². The maximum Gasteiger partial charge on any atom is 0.233 e. The molecule has 2 aromatic carbocycles. The monoisotopic (exact) mass is 346 g/mol. The van der Waals surface area contributed by atoms with E-state index < -0.39 is 0 Å². The van der Waals surface area contributed by atoms with Crippen LogP contribution in [0.3, 0.4) is 0 Å². The van der Waals surface area contributed by atoms with Gasteiger partial charge in [-0.1, -0.05) is 46.3 Å². The average molecular weight is 347 g/mol. The molecule has 1 amide bonds. The first-order valence-corrected chi connectivity index (χ1v) is 7.65. The van der Waals surface area contributed by atoms with Crippen LogP contribution < -0.4 is 11.1 Å². The minimum absolute atomic E-state index is 0.0720. The number of amides is 1. The summed E-state index contributed by atoms with van der Waals surface area (Å²) < 4.78 is 1.01. The summed E-state index contributed by atoms with van der Waals surface area (Å²) >= 11 is 3.46. The molecule has 0 saturated carbocycles. The molecular weight excluding hydrogens is 328 g/mol. The van der Waals surface area contributed by atoms with Gasteiger partial charge in [-0.15, -0.1) is 0 Å². The van der Waals surface area contributed by atoms with Crippen molar-refractivity contribution in [1.29, 1.82) is 0 Å². The van der Waals surface area contributed by atoms with Crippen molar-refractivity contribution >= 4 is 27.5 Å². The average Bonchev–Trinajstić information content (AvgIpc) is 2.45. The van der Waals surface area contributed by atoms with Crippen molar-refractivity contribution in [2.24, 2.45) is 5.73 Å². The molecule has 0 aliphatic rings. The number of carbonyl (C=O) groups is 1. The zero-order valence-corrected chi connectivity index (χ0v) is 13.8. The Balaban J connectivity index is 2.25. The molecule has 110 valence electrons. The summed E-state index contributed by atoms with van der Waals surface area (Å²) in [5.41, 5.74) is 9.64. The van der Waals surface area contributed by atoms with E-state index in [0.29, 0.717) is 0 Å². The molecule has 0 aromatic heterocycles. The quantitative estimate of drug-likeness (QED) is 0.885. The van der Waals surface area contributed by atoms with Gasteiger partial charge in [-0.3, -0.25) is 4.79 Å². The molecule has 3 nitrogen and oxygen atoms in total. The summed E-state index contributed by atoms with van der Waals surface area (Å²) in [6.45, 7) is 4.24. The van der Waals surface area contributed by atoms with E-state index in [1.165, 1.54) is 0 Å². The molecule has 1 unspecified atom stereocenters. The number of carbonyl (C=O) groups excluding carboxylic acids is 1. The van der Waals surface area contributed by atoms with Gasteiger partial charge in [0.2, 0.25) is 5.91 Å². The highest BCUT2D eigenvalue weighted by atomic mass is 79.9. The van der Waals surface area contributed by atoms with Gasteiger partial charge < -0.3 is 11.1 Å². The summed E-state index contributed by atoms with van der Waals surface area (Å²) in [6, 6.07) is 13.6. The Morgan fingerprint density at radius 2 is 1.76 bits per heavy atom. The summed E-state index contributed by atoms with van der Waals surface area (Å²) in [5, 5.41) is 3.02. The minimum Gasteiger partial charge on any atom is -0.329 e. The number of nitrogens with one attached hydrogen (secondary N) is 1. The van der Waals surface area contributed by atoms with E-state index in [0.717, 1.165) is 26.9 Å². The summed E-state index contributed by atoms with van der Waals surface area (Å²) in [6.07, 6.45) is 0. The van der Waals surface area contributed by atoms with Gasteiger partial charge in [-0.05, 0) is 42.7 Å². The Labute approximate surface area is 133 Å². The molecule has 0 heterocycles. The molecule has 0 aliphatic carbocycles. The molecule has 4 heteroatoms. The smallest absolute Gasteiger partial charge is 0.233 e. The number of aryl methyl sites for hydroxylation is 2. The molecule has 2 rings (SSSR count). The van der Waals surface area contributed by atoms with Crippen LogP contribution in [0.4, 0.5) is 5.69 Å². The molecule has 0 fully saturated rings. The number of hydrogen-bond donors (Lipinski definition) is 2. The van der Waals surface area contributed by atoms with Crippen molar-refractivity contribution < 1.29 is 4.79 Å². The molecule has 3 N–H and O–H groups in total. The van der Waals surface area contributed by atoms with E-state index in [-0.39, 0.29) is 18.4 Å². The van der Waals surface area contributed by atoms with Crippen LogP contribution in [-0.4, -0.2) is 12.5 Å². The molecule has 0 spiro atoms. The van der Waals surface area contributed by atoms with Gasteiger partial charge in [0.25, 0.3) is 0 Å². The SMILES string of the molecule is Cc1cc(Br)cc(C)c1NC(=O)C(CN)c1ccccc1. The van der Waals surface area contributed by atoms with E-state index in [4.69, 9.17) is 5.73 Å². The molecule has 0 aliphatic heterocycles. The highest BCUT2D eigenvalue weighted by Gasteiger charge is 2.20. The largest absolute Gasteiger partial charge is 0.329 e. The van der Waals surface area contributed by atoms with Crippen molar-refractivity contribution in [2.45, 2.75) is 19.8 Å². The van der Waals surface area contributed by atoms with Crippen LogP contribution in [0, 0.1) is 13.8 Å². The second-order valence-corrected chi connectivity index (χ2v) is 6.02. The standard InChI is InChI=1S/C17H19BrN2O/c1-11-8-14(18)9-12(2)16(11)20-17(21)15(10-19)13-6-4-3-5-7-13/h3-9,15H,10,19H2,1-2H3,(H,20,21). The highest BCUT2D eigenvalue weighted by Crippen LogP contribution is 2.26. The van der Waals surface area contributed by atoms with E-state index >= 15 is 0 Å². The van der Waals surface area contributed by atoms with Gasteiger partial charge >= 0.3 is 0 Å². The Morgan fingerprint density at radius 1 is 1.19 bits per heavy atom. The number of nitrogens with two attached hydrogens (primary N) is 1. The number of halogens is 1. The predicted octanol–water partition coefficient (Wildman–Crippen LogP) is 3.75. The fourth-order valence-electron chi connectivity index (χ4n) is 2.40. The zero-order valence-electron chi connectivity index (χ0n) is 12.2. The van der Waals surface area contributed by atoms with Crippen LogP contribution >= 0.6 is 15.9 Å². The summed E-state index contributed by atoms with van der Waals surface area (Å²) in [4.78, 5) is 12.5. The topological polar surface area (TPSA) is 55.1 Å². The Kier molecular flexibility index (Phi) is 5.15. The van der Waals surface area contributed by atoms with Crippen molar-refractivity contribution in [3.63, 3.8) is 0 Å². The number of benzene rings is 2. The van der Waals surface area contributed by atoms with Crippen LogP contribution in [-0.2, 0) is 4.79 Å². The normalized spacial score (nSPS) is 12.0. The van der Waals surface area contributed by atoms with Crippen molar-refractivity contribution in [2.75, 3.05) is 11.9 Å². The first-order chi connectivity index (χ1) is 10.0. The molecule has 2 aromatic rings. The summed E-state index contributed by atoms with van der Waals surface area (Å²) in [5.74, 6) is -0.411. The van der Waals surface area contributed by atoms with E-state index in [9.17, 15) is 4.79 Å². The van der Waals surface area contributed by atoms with Crippen LogP contribution in [0.1, 0.15) is 22.6 Å². The maximum absolute atomic E-state index is 12.5. The Morgan fingerprint density at radius 3 is 2.29 bits per heavy atom. The van der Waals surface area contributed by atoms with E-state index in [1.54, 1.807) is 0 Å². The maximum atomic E-state index is 12.5. The predicted molar refractivity (Wildman–Crippen MR) is 90.5 cm³/mol. The first-order valence-electron chi connectivity index (χ1n) is 6.85. The lowest BCUT2D eigenvalue weighted by molar-refractivity contribution is -0.117. The van der Waals surface area contributed by atoms with Crippen molar-refractivity contribution in [3.8, 4) is 0 Å². The summed E-state index contributed by atoms with van der Waals surface area (Å²) in [7, 11) is 0. The zero-order chi connectivity index (χ0) is 15.4. The van der Waals surface area contributed by atoms with Gasteiger partial charge in [0.15, 0.2) is 0 Å². The lowest BCUT2D eigenvalue weighted by atomic mass is 9.98. The molecule has 0 radical (unpaired) electrons.